The number of hydrogen-bond acceptors (Lipinski definition) is 3. The van der Waals surface area contributed by atoms with Gasteiger partial charge in [-0.2, -0.15) is 0 Å². The van der Waals surface area contributed by atoms with Gasteiger partial charge in [0.05, 0.1) is 24.8 Å². The number of halogens is 3. The Hall–Kier alpha value is -0.910. The van der Waals surface area contributed by atoms with Crippen molar-refractivity contribution in [3.05, 3.63) is 28.5 Å². The van der Waals surface area contributed by atoms with Crippen molar-refractivity contribution in [2.24, 2.45) is 0 Å². The molecule has 0 amide bonds. The minimum absolute atomic E-state index is 0.0386. The summed E-state index contributed by atoms with van der Waals surface area (Å²) in [4.78, 5) is 0. The van der Waals surface area contributed by atoms with Gasteiger partial charge in [-0.1, -0.05) is 31.0 Å². The van der Waals surface area contributed by atoms with Crippen LogP contribution in [0.3, 0.4) is 0 Å². The van der Waals surface area contributed by atoms with Crippen molar-refractivity contribution in [3.8, 4) is 5.75 Å². The van der Waals surface area contributed by atoms with E-state index in [0.29, 0.717) is 31.4 Å². The molecule has 0 saturated carbocycles. The Labute approximate surface area is 140 Å². The third-order valence-electron chi connectivity index (χ3n) is 3.83. The zero-order chi connectivity index (χ0) is 16.9. The Morgan fingerprint density at radius 1 is 1.30 bits per heavy atom. The average Bonchev–Trinajstić information content (AvgIpc) is 2.53. The predicted molar refractivity (Wildman–Crippen MR) is 85.3 cm³/mol. The highest BCUT2D eigenvalue weighted by Crippen LogP contribution is 2.31. The summed E-state index contributed by atoms with van der Waals surface area (Å²) in [6.07, 6.45) is 1.67. The first-order valence-electron chi connectivity index (χ1n) is 8.01. The van der Waals surface area contributed by atoms with E-state index in [1.807, 2.05) is 6.92 Å². The van der Waals surface area contributed by atoms with E-state index in [1.165, 1.54) is 0 Å². The summed E-state index contributed by atoms with van der Waals surface area (Å²) in [6, 6.07) is 3.30. The Kier molecular flexibility index (Phi) is 6.62. The molecule has 0 aliphatic carbocycles. The summed E-state index contributed by atoms with van der Waals surface area (Å²) < 4.78 is 44.3. The maximum Gasteiger partial charge on any atom is 0.183 e. The minimum Gasteiger partial charge on any atom is -0.491 e. The molecule has 2 rings (SSSR count). The van der Waals surface area contributed by atoms with E-state index in [4.69, 9.17) is 25.8 Å². The topological polar surface area (TPSA) is 27.7 Å². The van der Waals surface area contributed by atoms with Crippen molar-refractivity contribution in [2.45, 2.75) is 51.5 Å². The van der Waals surface area contributed by atoms with Crippen LogP contribution in [0.2, 0.25) is 5.02 Å². The van der Waals surface area contributed by atoms with Crippen LogP contribution in [0.25, 0.3) is 0 Å². The monoisotopic (exact) mass is 348 g/mol. The molecule has 1 aliphatic heterocycles. The molecule has 23 heavy (non-hydrogen) atoms. The zero-order valence-electron chi connectivity index (χ0n) is 13.5. The second-order valence-corrected chi connectivity index (χ2v) is 6.15. The van der Waals surface area contributed by atoms with Gasteiger partial charge in [0.1, 0.15) is 0 Å². The molecule has 0 atom stereocenters. The zero-order valence-corrected chi connectivity index (χ0v) is 14.3. The molecule has 1 saturated heterocycles. The smallest absolute Gasteiger partial charge is 0.183 e. The second kappa shape index (κ2) is 8.27. The highest BCUT2D eigenvalue weighted by atomic mass is 35.5. The standard InChI is InChI=1S/C17H23ClF2O3/c1-3-9-17(20)10-22-14(23-11-17)8-6-12-5-7-13(21-4-2)16(19)15(12)18/h5,7,14H,3-4,6,8-11H2,1-2H3. The van der Waals surface area contributed by atoms with Crippen LogP contribution < -0.4 is 4.74 Å². The normalized spacial score (nSPS) is 24.7. The fourth-order valence-corrected chi connectivity index (χ4v) is 2.89. The van der Waals surface area contributed by atoms with Gasteiger partial charge in [-0.15, -0.1) is 0 Å². The van der Waals surface area contributed by atoms with Gasteiger partial charge in [0, 0.05) is 6.42 Å². The van der Waals surface area contributed by atoms with Crippen LogP contribution in [0.1, 0.15) is 38.7 Å². The predicted octanol–water partition coefficient (Wildman–Crippen LogP) is 4.69. The van der Waals surface area contributed by atoms with Crippen LogP contribution in [-0.2, 0) is 15.9 Å². The summed E-state index contributed by atoms with van der Waals surface area (Å²) in [7, 11) is 0. The maximum atomic E-state index is 14.2. The molecule has 1 aliphatic rings. The van der Waals surface area contributed by atoms with Crippen molar-refractivity contribution in [1.82, 2.24) is 0 Å². The van der Waals surface area contributed by atoms with Gasteiger partial charge >= 0.3 is 0 Å². The fraction of sp³-hybridized carbons (Fsp3) is 0.647. The van der Waals surface area contributed by atoms with E-state index in [1.54, 1.807) is 19.1 Å². The molecule has 0 spiro atoms. The van der Waals surface area contributed by atoms with Gasteiger partial charge in [0.15, 0.2) is 23.5 Å². The van der Waals surface area contributed by atoms with Crippen LogP contribution in [0, 0.1) is 5.82 Å². The number of benzene rings is 1. The van der Waals surface area contributed by atoms with E-state index in [9.17, 15) is 8.78 Å². The molecule has 1 aromatic rings. The van der Waals surface area contributed by atoms with Crippen molar-refractivity contribution in [3.63, 3.8) is 0 Å². The van der Waals surface area contributed by atoms with E-state index < -0.39 is 17.8 Å². The molecule has 0 radical (unpaired) electrons. The molecular weight excluding hydrogens is 326 g/mol. The summed E-state index contributed by atoms with van der Waals surface area (Å²) in [6.45, 7) is 4.16. The number of ether oxygens (including phenoxy) is 3. The van der Waals surface area contributed by atoms with Crippen molar-refractivity contribution < 1.29 is 23.0 Å². The second-order valence-electron chi connectivity index (χ2n) is 5.77. The van der Waals surface area contributed by atoms with Gasteiger partial charge in [0.25, 0.3) is 0 Å². The molecule has 0 bridgehead atoms. The number of rotatable bonds is 7. The molecule has 1 aromatic carbocycles. The summed E-state index contributed by atoms with van der Waals surface area (Å²) >= 11 is 6.04. The quantitative estimate of drug-likeness (QED) is 0.715. The first-order chi connectivity index (χ1) is 11.0. The molecule has 3 nitrogen and oxygen atoms in total. The van der Waals surface area contributed by atoms with E-state index in [-0.39, 0.29) is 24.0 Å². The summed E-state index contributed by atoms with van der Waals surface area (Å²) in [5.74, 6) is -0.407. The lowest BCUT2D eigenvalue weighted by atomic mass is 10.0. The molecule has 1 heterocycles. The molecule has 130 valence electrons. The lowest BCUT2D eigenvalue weighted by Gasteiger charge is -2.34. The maximum absolute atomic E-state index is 14.2. The van der Waals surface area contributed by atoms with Gasteiger partial charge in [0.2, 0.25) is 0 Å². The Morgan fingerprint density at radius 3 is 2.61 bits per heavy atom. The van der Waals surface area contributed by atoms with E-state index >= 15 is 0 Å². The Morgan fingerprint density at radius 2 is 2.00 bits per heavy atom. The molecule has 0 aromatic heterocycles. The number of hydrogen-bond donors (Lipinski definition) is 0. The van der Waals surface area contributed by atoms with Gasteiger partial charge in [-0.25, -0.2) is 8.78 Å². The van der Waals surface area contributed by atoms with Crippen LogP contribution in [0.4, 0.5) is 8.78 Å². The first kappa shape index (κ1) is 18.4. The third kappa shape index (κ3) is 4.78. The van der Waals surface area contributed by atoms with Crippen molar-refractivity contribution >= 4 is 11.6 Å². The van der Waals surface area contributed by atoms with Crippen LogP contribution in [0.15, 0.2) is 12.1 Å². The molecule has 1 fully saturated rings. The summed E-state index contributed by atoms with van der Waals surface area (Å²) in [5.41, 5.74) is -0.737. The average molecular weight is 349 g/mol. The lowest BCUT2D eigenvalue weighted by molar-refractivity contribution is -0.236. The van der Waals surface area contributed by atoms with Crippen molar-refractivity contribution in [2.75, 3.05) is 19.8 Å². The highest BCUT2D eigenvalue weighted by molar-refractivity contribution is 6.31. The van der Waals surface area contributed by atoms with Gasteiger partial charge < -0.3 is 14.2 Å². The van der Waals surface area contributed by atoms with Gasteiger partial charge in [-0.05, 0) is 31.4 Å². The van der Waals surface area contributed by atoms with Crippen LogP contribution in [0.5, 0.6) is 5.75 Å². The Balaban J connectivity index is 1.89. The number of aryl methyl sites for hydroxylation is 1. The fourth-order valence-electron chi connectivity index (χ4n) is 2.64. The first-order valence-corrected chi connectivity index (χ1v) is 8.38. The molecular formula is C17H23ClF2O3. The third-order valence-corrected chi connectivity index (χ3v) is 4.24. The largest absolute Gasteiger partial charge is 0.491 e. The highest BCUT2D eigenvalue weighted by Gasteiger charge is 2.36. The Bertz CT molecular complexity index is 517. The summed E-state index contributed by atoms with van der Waals surface area (Å²) in [5, 5.41) is 0.0533. The van der Waals surface area contributed by atoms with Crippen LogP contribution >= 0.6 is 11.6 Å². The molecule has 6 heteroatoms. The van der Waals surface area contributed by atoms with E-state index in [2.05, 4.69) is 0 Å². The van der Waals surface area contributed by atoms with Crippen molar-refractivity contribution in [1.29, 1.82) is 0 Å². The SMILES string of the molecule is CCCC1(F)COC(CCc2ccc(OCC)c(F)c2Cl)OC1. The number of alkyl halides is 1. The van der Waals surface area contributed by atoms with Crippen LogP contribution in [-0.4, -0.2) is 31.8 Å². The van der Waals surface area contributed by atoms with E-state index in [0.717, 1.165) is 6.42 Å². The molecule has 0 N–H and O–H groups in total. The van der Waals surface area contributed by atoms with Gasteiger partial charge in [-0.3, -0.25) is 0 Å². The minimum atomic E-state index is -1.39. The molecule has 0 unspecified atom stereocenters. The lowest BCUT2D eigenvalue weighted by Crippen LogP contribution is -2.44.